The largest absolute Gasteiger partial charge is 0.466 e. The molecule has 0 N–H and O–H groups in total. The lowest BCUT2D eigenvalue weighted by Gasteiger charge is -2.03. The second-order valence-electron chi connectivity index (χ2n) is 4.31. The monoisotopic (exact) mass is 251 g/mol. The fraction of sp³-hybridized carbons (Fsp3) is 0.571. The number of carbonyl (C=O) groups excluding carboxylic acids is 2. The average molecular weight is 251 g/mol. The number of unbranched alkanes of at least 4 members (excludes halogenated alkanes) is 2. The van der Waals surface area contributed by atoms with E-state index in [9.17, 15) is 9.59 Å². The molecule has 0 aliphatic heterocycles. The molecule has 0 aliphatic carbocycles. The Kier molecular flexibility index (Phi) is 6.19. The lowest BCUT2D eigenvalue weighted by Crippen LogP contribution is -2.03. The Bertz CT molecular complexity index is 395. The van der Waals surface area contributed by atoms with Gasteiger partial charge in [0.05, 0.1) is 6.61 Å². The molecule has 0 saturated heterocycles. The topological polar surface area (TPSA) is 48.3 Å². The zero-order valence-corrected chi connectivity index (χ0v) is 11.1. The van der Waals surface area contributed by atoms with Crippen LogP contribution in [0.3, 0.4) is 0 Å². The highest BCUT2D eigenvalue weighted by molar-refractivity contribution is 5.93. The van der Waals surface area contributed by atoms with Crippen molar-refractivity contribution in [1.82, 2.24) is 4.57 Å². The minimum absolute atomic E-state index is 0.0936. The zero-order valence-electron chi connectivity index (χ0n) is 11.1. The molecule has 1 aromatic heterocycles. The number of aryl methyl sites for hydroxylation is 1. The number of Topliss-reactive ketones (excluding diaryl/α,β-unsaturated/α-hetero) is 1. The van der Waals surface area contributed by atoms with Crippen molar-refractivity contribution in [2.75, 3.05) is 6.61 Å². The van der Waals surface area contributed by atoms with Gasteiger partial charge in [0.1, 0.15) is 0 Å². The van der Waals surface area contributed by atoms with Crippen LogP contribution in [0, 0.1) is 0 Å². The summed E-state index contributed by atoms with van der Waals surface area (Å²) in [7, 11) is 0. The summed E-state index contributed by atoms with van der Waals surface area (Å²) in [6, 6.07) is 1.83. The molecule has 18 heavy (non-hydrogen) atoms. The van der Waals surface area contributed by atoms with Crippen molar-refractivity contribution in [2.45, 2.75) is 46.1 Å². The van der Waals surface area contributed by atoms with Crippen LogP contribution in [-0.2, 0) is 16.1 Å². The Hall–Kier alpha value is -1.58. The smallest absolute Gasteiger partial charge is 0.305 e. The number of aromatic nitrogens is 1. The van der Waals surface area contributed by atoms with Crippen molar-refractivity contribution in [1.29, 1.82) is 0 Å². The van der Waals surface area contributed by atoms with Crippen LogP contribution in [0.15, 0.2) is 18.5 Å². The van der Waals surface area contributed by atoms with Crippen LogP contribution < -0.4 is 0 Å². The molecule has 0 radical (unpaired) electrons. The molecule has 0 fully saturated rings. The van der Waals surface area contributed by atoms with Crippen molar-refractivity contribution in [2.24, 2.45) is 0 Å². The molecule has 4 nitrogen and oxygen atoms in total. The molecular weight excluding hydrogens is 230 g/mol. The highest BCUT2D eigenvalue weighted by Gasteiger charge is 2.02. The lowest BCUT2D eigenvalue weighted by molar-refractivity contribution is -0.143. The number of esters is 1. The van der Waals surface area contributed by atoms with Crippen LogP contribution in [0.4, 0.5) is 0 Å². The number of ether oxygens (including phenoxy) is 1. The second kappa shape index (κ2) is 7.69. The van der Waals surface area contributed by atoms with E-state index in [2.05, 4.69) is 0 Å². The second-order valence-corrected chi connectivity index (χ2v) is 4.31. The normalized spacial score (nSPS) is 10.3. The van der Waals surface area contributed by atoms with Gasteiger partial charge in [0.15, 0.2) is 5.78 Å². The molecule has 1 aromatic rings. The molecule has 0 aromatic carbocycles. The Labute approximate surface area is 108 Å². The van der Waals surface area contributed by atoms with Gasteiger partial charge in [0, 0.05) is 30.9 Å². The number of hydrogen-bond donors (Lipinski definition) is 0. The standard InChI is InChI=1S/C14H21NO3/c1-3-18-14(17)7-5-4-6-9-15-10-8-13(11-15)12(2)16/h8,10-11H,3-7,9H2,1-2H3. The van der Waals surface area contributed by atoms with Gasteiger partial charge >= 0.3 is 5.97 Å². The van der Waals surface area contributed by atoms with Gasteiger partial charge in [-0.3, -0.25) is 9.59 Å². The van der Waals surface area contributed by atoms with Crippen LogP contribution in [0.2, 0.25) is 0 Å². The summed E-state index contributed by atoms with van der Waals surface area (Å²) in [6.45, 7) is 4.72. The highest BCUT2D eigenvalue weighted by atomic mass is 16.5. The molecular formula is C14H21NO3. The Morgan fingerprint density at radius 3 is 2.67 bits per heavy atom. The van der Waals surface area contributed by atoms with Gasteiger partial charge in [-0.2, -0.15) is 0 Å². The van der Waals surface area contributed by atoms with Gasteiger partial charge in [-0.05, 0) is 32.8 Å². The maximum Gasteiger partial charge on any atom is 0.305 e. The fourth-order valence-electron chi connectivity index (χ4n) is 1.76. The van der Waals surface area contributed by atoms with Gasteiger partial charge < -0.3 is 9.30 Å². The van der Waals surface area contributed by atoms with E-state index in [-0.39, 0.29) is 11.8 Å². The Morgan fingerprint density at radius 1 is 1.28 bits per heavy atom. The predicted molar refractivity (Wildman–Crippen MR) is 69.5 cm³/mol. The molecule has 0 amide bonds. The highest BCUT2D eigenvalue weighted by Crippen LogP contribution is 2.06. The van der Waals surface area contributed by atoms with Crippen molar-refractivity contribution in [3.63, 3.8) is 0 Å². The van der Waals surface area contributed by atoms with E-state index in [1.807, 2.05) is 30.0 Å². The van der Waals surface area contributed by atoms with E-state index in [0.29, 0.717) is 13.0 Å². The molecule has 1 rings (SSSR count). The van der Waals surface area contributed by atoms with E-state index in [1.54, 1.807) is 6.92 Å². The third kappa shape index (κ3) is 5.17. The Balaban J connectivity index is 2.14. The van der Waals surface area contributed by atoms with Crippen LogP contribution >= 0.6 is 0 Å². The molecule has 100 valence electrons. The number of rotatable bonds is 8. The molecule has 4 heteroatoms. The summed E-state index contributed by atoms with van der Waals surface area (Å²) < 4.78 is 6.87. The zero-order chi connectivity index (χ0) is 13.4. The number of ketones is 1. The molecule has 0 saturated carbocycles. The van der Waals surface area contributed by atoms with Gasteiger partial charge in [-0.15, -0.1) is 0 Å². The van der Waals surface area contributed by atoms with Crippen molar-refractivity contribution in [3.8, 4) is 0 Å². The molecule has 0 atom stereocenters. The Morgan fingerprint density at radius 2 is 2.06 bits per heavy atom. The summed E-state index contributed by atoms with van der Waals surface area (Å²) in [5, 5.41) is 0. The summed E-state index contributed by atoms with van der Waals surface area (Å²) in [4.78, 5) is 22.2. The van der Waals surface area contributed by atoms with Crippen molar-refractivity contribution < 1.29 is 14.3 Å². The summed E-state index contributed by atoms with van der Waals surface area (Å²) in [6.07, 6.45) is 7.14. The number of nitrogens with zero attached hydrogens (tertiary/aromatic N) is 1. The van der Waals surface area contributed by atoms with Gasteiger partial charge in [-0.1, -0.05) is 6.42 Å². The van der Waals surface area contributed by atoms with Crippen molar-refractivity contribution in [3.05, 3.63) is 24.0 Å². The molecule has 0 spiro atoms. The van der Waals surface area contributed by atoms with Crippen molar-refractivity contribution >= 4 is 11.8 Å². The maximum atomic E-state index is 11.1. The summed E-state index contributed by atoms with van der Waals surface area (Å²) in [5.74, 6) is -0.0200. The minimum atomic E-state index is -0.114. The van der Waals surface area contributed by atoms with Gasteiger partial charge in [-0.25, -0.2) is 0 Å². The minimum Gasteiger partial charge on any atom is -0.466 e. The molecule has 1 heterocycles. The quantitative estimate of drug-likeness (QED) is 0.405. The fourth-order valence-corrected chi connectivity index (χ4v) is 1.76. The number of hydrogen-bond acceptors (Lipinski definition) is 3. The molecule has 0 bridgehead atoms. The van der Waals surface area contributed by atoms with E-state index >= 15 is 0 Å². The lowest BCUT2D eigenvalue weighted by atomic mass is 10.2. The van der Waals surface area contributed by atoms with E-state index < -0.39 is 0 Å². The van der Waals surface area contributed by atoms with E-state index in [4.69, 9.17) is 4.74 Å². The van der Waals surface area contributed by atoms with E-state index in [0.717, 1.165) is 31.4 Å². The first kappa shape index (κ1) is 14.5. The third-order valence-electron chi connectivity index (χ3n) is 2.76. The maximum absolute atomic E-state index is 11.1. The van der Waals surface area contributed by atoms with E-state index in [1.165, 1.54) is 0 Å². The summed E-state index contributed by atoms with van der Waals surface area (Å²) in [5.41, 5.74) is 0.751. The predicted octanol–water partition coefficient (Wildman–Crippen LogP) is 2.81. The summed E-state index contributed by atoms with van der Waals surface area (Å²) >= 11 is 0. The van der Waals surface area contributed by atoms with Crippen LogP contribution in [0.5, 0.6) is 0 Å². The first-order chi connectivity index (χ1) is 8.63. The molecule has 0 unspecified atom stereocenters. The van der Waals surface area contributed by atoms with Crippen LogP contribution in [0.1, 0.15) is 49.9 Å². The third-order valence-corrected chi connectivity index (χ3v) is 2.76. The first-order valence-electron chi connectivity index (χ1n) is 6.46. The van der Waals surface area contributed by atoms with Gasteiger partial charge in [0.2, 0.25) is 0 Å². The number of carbonyl (C=O) groups is 2. The SMILES string of the molecule is CCOC(=O)CCCCCn1ccc(C(C)=O)c1. The van der Waals surface area contributed by atoms with Crippen LogP contribution in [0.25, 0.3) is 0 Å². The molecule has 0 aliphatic rings. The average Bonchev–Trinajstić information content (AvgIpc) is 2.78. The van der Waals surface area contributed by atoms with Gasteiger partial charge in [0.25, 0.3) is 0 Å². The first-order valence-corrected chi connectivity index (χ1v) is 6.46. The van der Waals surface area contributed by atoms with Crippen LogP contribution in [-0.4, -0.2) is 22.9 Å².